The maximum atomic E-state index is 13.5. The number of amides is 3. The number of carbonyl (C=O) groups excluding carboxylic acids is 2. The molecular formula is C27H33N3O3S. The Morgan fingerprint density at radius 3 is 2.44 bits per heavy atom. The summed E-state index contributed by atoms with van der Waals surface area (Å²) in [6.45, 7) is 4.02. The van der Waals surface area contributed by atoms with Crippen molar-refractivity contribution in [3.8, 4) is 0 Å². The van der Waals surface area contributed by atoms with Gasteiger partial charge in [0.15, 0.2) is 0 Å². The molecule has 1 N–H and O–H groups in total. The van der Waals surface area contributed by atoms with E-state index in [0.717, 1.165) is 28.1 Å². The molecule has 34 heavy (non-hydrogen) atoms. The van der Waals surface area contributed by atoms with Gasteiger partial charge < -0.3 is 19.9 Å². The third-order valence-corrected chi connectivity index (χ3v) is 6.33. The van der Waals surface area contributed by atoms with Crippen LogP contribution in [0.5, 0.6) is 0 Å². The highest BCUT2D eigenvalue weighted by Crippen LogP contribution is 2.16. The third-order valence-electron chi connectivity index (χ3n) is 5.47. The second-order valence-electron chi connectivity index (χ2n) is 8.07. The number of aryl methyl sites for hydroxylation is 1. The standard InChI is InChI=1S/C27H33N3O3S/c1-3-22-12-7-13-24(18-22)28-27(32)29(15-9-16-33-2)21-26(31)30(20-25-14-8-17-34-25)19-23-10-5-4-6-11-23/h4-8,10-14,17-18H,3,9,15-16,19-21H2,1-2H3,(H,28,32). The minimum Gasteiger partial charge on any atom is -0.385 e. The van der Waals surface area contributed by atoms with Crippen LogP contribution in [0.3, 0.4) is 0 Å². The van der Waals surface area contributed by atoms with E-state index in [2.05, 4.69) is 12.2 Å². The molecule has 0 aliphatic heterocycles. The maximum Gasteiger partial charge on any atom is 0.322 e. The summed E-state index contributed by atoms with van der Waals surface area (Å²) in [7, 11) is 1.63. The minimum absolute atomic E-state index is 0.00122. The number of anilines is 1. The number of thiophene rings is 1. The molecule has 0 saturated heterocycles. The predicted octanol–water partition coefficient (Wildman–Crippen LogP) is 5.41. The van der Waals surface area contributed by atoms with Gasteiger partial charge in [0.2, 0.25) is 5.91 Å². The van der Waals surface area contributed by atoms with Crippen molar-refractivity contribution in [3.63, 3.8) is 0 Å². The Morgan fingerprint density at radius 1 is 0.941 bits per heavy atom. The van der Waals surface area contributed by atoms with Crippen LogP contribution in [0.1, 0.15) is 29.3 Å². The molecule has 3 aromatic rings. The van der Waals surface area contributed by atoms with Gasteiger partial charge in [-0.2, -0.15) is 0 Å². The van der Waals surface area contributed by atoms with E-state index >= 15 is 0 Å². The molecule has 3 amide bonds. The fraction of sp³-hybridized carbons (Fsp3) is 0.333. The molecule has 0 fully saturated rings. The van der Waals surface area contributed by atoms with E-state index in [1.54, 1.807) is 23.3 Å². The number of hydrogen-bond acceptors (Lipinski definition) is 4. The Labute approximate surface area is 206 Å². The average molecular weight is 480 g/mol. The molecule has 0 bridgehead atoms. The van der Waals surface area contributed by atoms with Gasteiger partial charge in [0.25, 0.3) is 0 Å². The molecule has 180 valence electrons. The summed E-state index contributed by atoms with van der Waals surface area (Å²) in [5.74, 6) is -0.0906. The fourth-order valence-corrected chi connectivity index (χ4v) is 4.33. The summed E-state index contributed by atoms with van der Waals surface area (Å²) in [6, 6.07) is 21.4. The molecule has 7 heteroatoms. The zero-order valence-electron chi connectivity index (χ0n) is 19.9. The first kappa shape index (κ1) is 25.5. The molecule has 1 aromatic heterocycles. The summed E-state index contributed by atoms with van der Waals surface area (Å²) < 4.78 is 5.17. The monoisotopic (exact) mass is 479 g/mol. The van der Waals surface area contributed by atoms with Crippen LogP contribution < -0.4 is 5.32 Å². The van der Waals surface area contributed by atoms with Gasteiger partial charge >= 0.3 is 6.03 Å². The van der Waals surface area contributed by atoms with E-state index in [0.29, 0.717) is 32.7 Å². The normalized spacial score (nSPS) is 10.6. The van der Waals surface area contributed by atoms with Gasteiger partial charge in [-0.1, -0.05) is 55.5 Å². The third kappa shape index (κ3) is 8.01. The molecular weight excluding hydrogens is 446 g/mol. The van der Waals surface area contributed by atoms with E-state index in [1.807, 2.05) is 77.0 Å². The molecule has 6 nitrogen and oxygen atoms in total. The van der Waals surface area contributed by atoms with Crippen molar-refractivity contribution in [2.45, 2.75) is 32.9 Å². The number of carbonyl (C=O) groups is 2. The Kier molecular flexibility index (Phi) is 10.1. The second kappa shape index (κ2) is 13.5. The summed E-state index contributed by atoms with van der Waals surface area (Å²) in [6.07, 6.45) is 1.53. The van der Waals surface area contributed by atoms with Crippen LogP contribution in [0.15, 0.2) is 72.1 Å². The van der Waals surface area contributed by atoms with Crippen molar-refractivity contribution in [3.05, 3.63) is 88.1 Å². The summed E-state index contributed by atoms with van der Waals surface area (Å²) in [5, 5.41) is 4.97. The molecule has 0 spiro atoms. The van der Waals surface area contributed by atoms with Gasteiger partial charge in [-0.25, -0.2) is 4.79 Å². The summed E-state index contributed by atoms with van der Waals surface area (Å²) in [4.78, 5) is 31.1. The molecule has 3 rings (SSSR count). The Hall–Kier alpha value is -3.16. The molecule has 1 heterocycles. The Bertz CT molecular complexity index is 1020. The first-order valence-electron chi connectivity index (χ1n) is 11.6. The zero-order chi connectivity index (χ0) is 24.2. The van der Waals surface area contributed by atoms with Crippen molar-refractivity contribution in [1.29, 1.82) is 0 Å². The van der Waals surface area contributed by atoms with Crippen LogP contribution in [0.25, 0.3) is 0 Å². The van der Waals surface area contributed by atoms with Crippen LogP contribution in [-0.2, 0) is 29.0 Å². The van der Waals surface area contributed by atoms with E-state index in [-0.39, 0.29) is 18.5 Å². The van der Waals surface area contributed by atoms with Crippen molar-refractivity contribution in [2.75, 3.05) is 32.1 Å². The predicted molar refractivity (Wildman–Crippen MR) is 138 cm³/mol. The number of hydrogen-bond donors (Lipinski definition) is 1. The number of urea groups is 1. The van der Waals surface area contributed by atoms with E-state index < -0.39 is 0 Å². The van der Waals surface area contributed by atoms with Crippen molar-refractivity contribution >= 4 is 29.0 Å². The lowest BCUT2D eigenvalue weighted by Crippen LogP contribution is -2.44. The van der Waals surface area contributed by atoms with Crippen molar-refractivity contribution in [2.24, 2.45) is 0 Å². The molecule has 0 aliphatic carbocycles. The van der Waals surface area contributed by atoms with Gasteiger partial charge in [-0.05, 0) is 47.5 Å². The van der Waals surface area contributed by atoms with Crippen LogP contribution in [0, 0.1) is 0 Å². The lowest BCUT2D eigenvalue weighted by Gasteiger charge is -2.28. The number of ether oxygens (including phenoxy) is 1. The first-order chi connectivity index (χ1) is 16.6. The second-order valence-corrected chi connectivity index (χ2v) is 9.10. The molecule has 0 atom stereocenters. The van der Waals surface area contributed by atoms with Crippen molar-refractivity contribution < 1.29 is 14.3 Å². The number of nitrogens with zero attached hydrogens (tertiary/aromatic N) is 2. The van der Waals surface area contributed by atoms with Crippen LogP contribution in [-0.4, -0.2) is 48.5 Å². The highest BCUT2D eigenvalue weighted by molar-refractivity contribution is 7.09. The smallest absolute Gasteiger partial charge is 0.322 e. The van der Waals surface area contributed by atoms with Crippen LogP contribution in [0.4, 0.5) is 10.5 Å². The summed E-state index contributed by atoms with van der Waals surface area (Å²) >= 11 is 1.62. The van der Waals surface area contributed by atoms with E-state index in [9.17, 15) is 9.59 Å². The van der Waals surface area contributed by atoms with Gasteiger partial charge in [-0.15, -0.1) is 11.3 Å². The number of nitrogens with one attached hydrogen (secondary N) is 1. The number of rotatable bonds is 12. The SMILES string of the molecule is CCc1cccc(NC(=O)N(CCCOC)CC(=O)N(Cc2ccccc2)Cc2cccs2)c1. The molecule has 2 aromatic carbocycles. The molecule has 0 saturated carbocycles. The zero-order valence-corrected chi connectivity index (χ0v) is 20.7. The topological polar surface area (TPSA) is 61.9 Å². The molecule has 0 radical (unpaired) electrons. The van der Waals surface area contributed by atoms with Crippen LogP contribution >= 0.6 is 11.3 Å². The van der Waals surface area contributed by atoms with Gasteiger partial charge in [0, 0.05) is 37.4 Å². The number of benzene rings is 2. The van der Waals surface area contributed by atoms with Gasteiger partial charge in [0.1, 0.15) is 6.54 Å². The number of methoxy groups -OCH3 is 1. The quantitative estimate of drug-likeness (QED) is 0.353. The van der Waals surface area contributed by atoms with Crippen molar-refractivity contribution in [1.82, 2.24) is 9.80 Å². The average Bonchev–Trinajstić information content (AvgIpc) is 3.37. The Morgan fingerprint density at radius 2 is 1.74 bits per heavy atom. The van der Waals surface area contributed by atoms with E-state index in [4.69, 9.17) is 4.74 Å². The first-order valence-corrected chi connectivity index (χ1v) is 12.4. The van der Waals surface area contributed by atoms with E-state index in [1.165, 1.54) is 0 Å². The minimum atomic E-state index is -0.284. The van der Waals surface area contributed by atoms with Gasteiger partial charge in [0.05, 0.1) is 6.54 Å². The lowest BCUT2D eigenvalue weighted by atomic mass is 10.1. The Balaban J connectivity index is 1.74. The maximum absolute atomic E-state index is 13.5. The highest BCUT2D eigenvalue weighted by atomic mass is 32.1. The highest BCUT2D eigenvalue weighted by Gasteiger charge is 2.22. The largest absolute Gasteiger partial charge is 0.385 e. The molecule has 0 unspecified atom stereocenters. The molecule has 0 aliphatic rings. The van der Waals surface area contributed by atoms with Crippen LogP contribution in [0.2, 0.25) is 0 Å². The van der Waals surface area contributed by atoms with Gasteiger partial charge in [-0.3, -0.25) is 4.79 Å². The lowest BCUT2D eigenvalue weighted by molar-refractivity contribution is -0.133. The summed E-state index contributed by atoms with van der Waals surface area (Å²) in [5.41, 5.74) is 2.93. The fourth-order valence-electron chi connectivity index (χ4n) is 3.61.